The molecule has 9 nitrogen and oxygen atoms in total. The first kappa shape index (κ1) is 26.7. The highest BCUT2D eigenvalue weighted by atomic mass is 79.9. The number of halogens is 2. The normalized spacial score (nSPS) is 16.3. The van der Waals surface area contributed by atoms with Crippen molar-refractivity contribution in [3.8, 4) is 0 Å². The van der Waals surface area contributed by atoms with Crippen LogP contribution < -0.4 is 48.4 Å². The van der Waals surface area contributed by atoms with Gasteiger partial charge >= 0.3 is 11.9 Å². The maximum Gasteiger partial charge on any atom is 0.372 e. The molecule has 0 saturated carbocycles. The molecule has 0 fully saturated rings. The van der Waals surface area contributed by atoms with E-state index in [-0.39, 0.29) is 65.2 Å². The van der Waals surface area contributed by atoms with Crippen LogP contribution in [0.5, 0.6) is 0 Å². The zero-order valence-electron chi connectivity index (χ0n) is 17.0. The molecule has 3 rings (SSSR count). The van der Waals surface area contributed by atoms with Gasteiger partial charge in [0.25, 0.3) is 5.91 Å². The molecule has 1 aliphatic heterocycles. The van der Waals surface area contributed by atoms with E-state index in [2.05, 4.69) is 5.32 Å². The van der Waals surface area contributed by atoms with Crippen LogP contribution in [0.2, 0.25) is 0 Å². The van der Waals surface area contributed by atoms with Crippen molar-refractivity contribution in [2.75, 3.05) is 13.2 Å². The number of pyridine rings is 2. The predicted octanol–water partition coefficient (Wildman–Crippen LogP) is -6.67. The van der Waals surface area contributed by atoms with Crippen molar-refractivity contribution < 1.29 is 72.1 Å². The van der Waals surface area contributed by atoms with Crippen LogP contribution in [0.15, 0.2) is 43.0 Å². The van der Waals surface area contributed by atoms with E-state index in [1.165, 1.54) is 10.8 Å². The van der Waals surface area contributed by atoms with E-state index in [0.29, 0.717) is 17.7 Å². The second kappa shape index (κ2) is 11.3. The van der Waals surface area contributed by atoms with E-state index < -0.39 is 17.6 Å². The molecule has 0 aliphatic carbocycles. The van der Waals surface area contributed by atoms with Crippen LogP contribution in [-0.4, -0.2) is 36.2 Å². The van der Waals surface area contributed by atoms with Gasteiger partial charge in [-0.2, -0.15) is 9.13 Å². The number of nitrogens with one attached hydrogen (secondary N) is 1. The minimum atomic E-state index is -1.71. The van der Waals surface area contributed by atoms with Gasteiger partial charge in [-0.05, 0) is 13.8 Å². The number of carbonyl (C=O) groups excluding carboxylic acids is 3. The lowest BCUT2D eigenvalue weighted by Gasteiger charge is -2.23. The highest BCUT2D eigenvalue weighted by Crippen LogP contribution is 2.33. The molecule has 1 unspecified atom stereocenters. The number of hydrogen-bond donors (Lipinski definition) is 2. The molecule has 1 aliphatic rings. The van der Waals surface area contributed by atoms with Crippen LogP contribution in [0, 0.1) is 0 Å². The molecule has 2 aromatic rings. The Morgan fingerprint density at radius 2 is 1.48 bits per heavy atom. The number of esters is 2. The zero-order valence-corrected chi connectivity index (χ0v) is 20.2. The molecular weight excluding hydrogens is 538 g/mol. The van der Waals surface area contributed by atoms with Crippen molar-refractivity contribution in [1.29, 1.82) is 0 Å². The SMILES string of the molecule is CCOC(=O)C[n+]1ccc(C2(O)NC(=O)c3c[n+](CC(=O)OCC)ccc32)cc1.[Br-].[Br-]. The highest BCUT2D eigenvalue weighted by molar-refractivity contribution is 5.99. The molecule has 0 aromatic carbocycles. The molecule has 2 aromatic heterocycles. The molecule has 0 radical (unpaired) electrons. The van der Waals surface area contributed by atoms with Crippen molar-refractivity contribution in [3.63, 3.8) is 0 Å². The Morgan fingerprint density at radius 3 is 2.03 bits per heavy atom. The monoisotopic (exact) mass is 559 g/mol. The van der Waals surface area contributed by atoms with Gasteiger partial charge < -0.3 is 53.9 Å². The molecule has 168 valence electrons. The second-order valence-corrected chi connectivity index (χ2v) is 6.48. The number of amides is 1. The summed E-state index contributed by atoms with van der Waals surface area (Å²) in [5.41, 5.74) is -0.625. The number of nitrogens with zero attached hydrogens (tertiary/aromatic N) is 2. The summed E-state index contributed by atoms with van der Waals surface area (Å²) >= 11 is 0. The van der Waals surface area contributed by atoms with Crippen LogP contribution in [0.3, 0.4) is 0 Å². The molecule has 1 amide bonds. The van der Waals surface area contributed by atoms with Gasteiger partial charge in [-0.3, -0.25) is 4.79 Å². The largest absolute Gasteiger partial charge is 1.00 e. The molecule has 11 heteroatoms. The first-order valence-electron chi connectivity index (χ1n) is 9.26. The first-order valence-corrected chi connectivity index (χ1v) is 9.26. The lowest BCUT2D eigenvalue weighted by Crippen LogP contribution is -3.00. The topological polar surface area (TPSA) is 110 Å². The first-order chi connectivity index (χ1) is 13.9. The van der Waals surface area contributed by atoms with E-state index in [9.17, 15) is 19.5 Å². The van der Waals surface area contributed by atoms with E-state index in [1.807, 2.05) is 0 Å². The van der Waals surface area contributed by atoms with Crippen molar-refractivity contribution >= 4 is 17.8 Å². The zero-order chi connectivity index (χ0) is 21.0. The molecule has 0 bridgehead atoms. The summed E-state index contributed by atoms with van der Waals surface area (Å²) in [5.74, 6) is -1.24. The third-order valence-electron chi connectivity index (χ3n) is 4.49. The molecule has 0 spiro atoms. The summed E-state index contributed by atoms with van der Waals surface area (Å²) in [7, 11) is 0. The fraction of sp³-hybridized carbons (Fsp3) is 0.350. The Hall–Kier alpha value is -2.37. The number of hydrogen-bond acceptors (Lipinski definition) is 6. The Labute approximate surface area is 200 Å². The summed E-state index contributed by atoms with van der Waals surface area (Å²) in [6.07, 6.45) is 6.35. The van der Waals surface area contributed by atoms with E-state index in [0.717, 1.165) is 0 Å². The van der Waals surface area contributed by atoms with Gasteiger partial charge in [-0.15, -0.1) is 0 Å². The van der Waals surface area contributed by atoms with Gasteiger partial charge in [0.15, 0.2) is 30.5 Å². The van der Waals surface area contributed by atoms with Crippen LogP contribution in [-0.2, 0) is 37.9 Å². The molecule has 2 N–H and O–H groups in total. The maximum atomic E-state index is 12.4. The average molecular weight is 561 g/mol. The van der Waals surface area contributed by atoms with Crippen LogP contribution in [0.1, 0.15) is 35.3 Å². The lowest BCUT2D eigenvalue weighted by molar-refractivity contribution is -0.686. The maximum absolute atomic E-state index is 12.4. The van der Waals surface area contributed by atoms with E-state index in [4.69, 9.17) is 9.47 Å². The number of ether oxygens (including phenoxy) is 2. The van der Waals surface area contributed by atoms with E-state index >= 15 is 0 Å². The highest BCUT2D eigenvalue weighted by Gasteiger charge is 2.45. The fourth-order valence-corrected chi connectivity index (χ4v) is 3.18. The standard InChI is InChI=1S/C20H22N3O6.2BrH/c1-3-28-17(24)12-22-8-5-14(6-9-22)20(27)16-7-10-23(13-18(25)29-4-2)11-15(16)19(26)21-20;;/h5-11,27H,3-4,12-13H2,1-2H3;2*1H/q+1;;/p-1. The van der Waals surface area contributed by atoms with Crippen molar-refractivity contribution in [2.45, 2.75) is 32.7 Å². The van der Waals surface area contributed by atoms with Crippen molar-refractivity contribution in [1.82, 2.24) is 5.32 Å². The third kappa shape index (κ3) is 5.86. The summed E-state index contributed by atoms with van der Waals surface area (Å²) in [4.78, 5) is 35.7. The summed E-state index contributed by atoms with van der Waals surface area (Å²) in [5, 5.41) is 13.7. The van der Waals surface area contributed by atoms with Gasteiger partial charge in [0.2, 0.25) is 13.1 Å². The Kier molecular flexibility index (Phi) is 9.72. The second-order valence-electron chi connectivity index (χ2n) is 6.48. The number of fused-ring (bicyclic) bond motifs is 1. The lowest BCUT2D eigenvalue weighted by atomic mass is 9.96. The molecule has 31 heavy (non-hydrogen) atoms. The minimum absolute atomic E-state index is 0. The number of aliphatic hydroxyl groups is 1. The Bertz CT molecular complexity index is 954. The molecular formula is C20H23Br2N3O6. The Morgan fingerprint density at radius 1 is 0.968 bits per heavy atom. The molecule has 1 atom stereocenters. The van der Waals surface area contributed by atoms with Gasteiger partial charge in [0, 0.05) is 29.3 Å². The van der Waals surface area contributed by atoms with Gasteiger partial charge in [0.05, 0.1) is 13.2 Å². The third-order valence-corrected chi connectivity index (χ3v) is 4.49. The quantitative estimate of drug-likeness (QED) is 0.257. The molecule has 0 saturated heterocycles. The minimum Gasteiger partial charge on any atom is -1.00 e. The number of carbonyl (C=O) groups is 3. The predicted molar refractivity (Wildman–Crippen MR) is 97.0 cm³/mol. The van der Waals surface area contributed by atoms with Gasteiger partial charge in [0.1, 0.15) is 5.56 Å². The smallest absolute Gasteiger partial charge is 0.372 e. The van der Waals surface area contributed by atoms with Gasteiger partial charge in [-0.1, -0.05) is 0 Å². The average Bonchev–Trinajstić information content (AvgIpc) is 2.94. The summed E-state index contributed by atoms with van der Waals surface area (Å²) in [6.45, 7) is 4.04. The van der Waals surface area contributed by atoms with Crippen LogP contribution in [0.25, 0.3) is 0 Å². The van der Waals surface area contributed by atoms with Gasteiger partial charge in [-0.25, -0.2) is 9.59 Å². The van der Waals surface area contributed by atoms with Crippen LogP contribution in [0.4, 0.5) is 0 Å². The van der Waals surface area contributed by atoms with E-state index in [1.54, 1.807) is 55.2 Å². The van der Waals surface area contributed by atoms with Crippen molar-refractivity contribution in [3.05, 3.63) is 59.7 Å². The van der Waals surface area contributed by atoms with Crippen molar-refractivity contribution in [2.24, 2.45) is 0 Å². The fourth-order valence-electron chi connectivity index (χ4n) is 3.18. The number of rotatable bonds is 7. The summed E-state index contributed by atoms with van der Waals surface area (Å²) < 4.78 is 13.0. The summed E-state index contributed by atoms with van der Waals surface area (Å²) in [6, 6.07) is 4.83. The Balaban J connectivity index is 0.00000240. The van der Waals surface area contributed by atoms with Crippen LogP contribution >= 0.6 is 0 Å². The molecule has 3 heterocycles. The number of aromatic nitrogens is 2.